The molecule has 0 fully saturated rings. The van der Waals surface area contributed by atoms with E-state index in [0.717, 1.165) is 16.4 Å². The summed E-state index contributed by atoms with van der Waals surface area (Å²) in [5.41, 5.74) is 6.93. The lowest BCUT2D eigenvalue weighted by atomic mass is 10.2. The molecule has 2 aromatic carbocycles. The van der Waals surface area contributed by atoms with Gasteiger partial charge in [0.25, 0.3) is 0 Å². The molecule has 21 heavy (non-hydrogen) atoms. The highest BCUT2D eigenvalue weighted by atomic mass is 32.2. The van der Waals surface area contributed by atoms with Gasteiger partial charge in [0.1, 0.15) is 17.7 Å². The van der Waals surface area contributed by atoms with Crippen LogP contribution in [0.2, 0.25) is 0 Å². The molecule has 0 aromatic heterocycles. The molecule has 0 bridgehead atoms. The third kappa shape index (κ3) is 4.69. The Labute approximate surface area is 130 Å². The molecular weight excluding hydrogens is 282 g/mol. The highest BCUT2D eigenvalue weighted by molar-refractivity contribution is 7.99. The fourth-order valence-electron chi connectivity index (χ4n) is 1.86. The SMILES string of the molecule is CCOc1ccc(OC(C)N)cc1Sc1ccc(C)cc1. The van der Waals surface area contributed by atoms with E-state index in [9.17, 15) is 0 Å². The summed E-state index contributed by atoms with van der Waals surface area (Å²) in [6, 6.07) is 14.2. The lowest BCUT2D eigenvalue weighted by Crippen LogP contribution is -2.22. The van der Waals surface area contributed by atoms with Gasteiger partial charge in [0, 0.05) is 4.90 Å². The van der Waals surface area contributed by atoms with E-state index in [-0.39, 0.29) is 6.23 Å². The van der Waals surface area contributed by atoms with Gasteiger partial charge in [-0.15, -0.1) is 0 Å². The molecule has 112 valence electrons. The van der Waals surface area contributed by atoms with Crippen LogP contribution in [0.4, 0.5) is 0 Å². The summed E-state index contributed by atoms with van der Waals surface area (Å²) in [4.78, 5) is 2.19. The third-order valence-corrected chi connectivity index (χ3v) is 3.83. The second-order valence-corrected chi connectivity index (χ2v) is 5.89. The van der Waals surface area contributed by atoms with Crippen LogP contribution in [-0.2, 0) is 0 Å². The molecule has 0 heterocycles. The van der Waals surface area contributed by atoms with E-state index >= 15 is 0 Å². The molecule has 4 heteroatoms. The van der Waals surface area contributed by atoms with Crippen LogP contribution < -0.4 is 15.2 Å². The van der Waals surface area contributed by atoms with Crippen LogP contribution in [0.25, 0.3) is 0 Å². The number of ether oxygens (including phenoxy) is 2. The van der Waals surface area contributed by atoms with E-state index in [1.807, 2.05) is 32.0 Å². The first-order valence-corrected chi connectivity index (χ1v) is 7.83. The number of hydrogen-bond donors (Lipinski definition) is 1. The molecule has 1 atom stereocenters. The fourth-order valence-corrected chi connectivity index (χ4v) is 2.79. The van der Waals surface area contributed by atoms with E-state index < -0.39 is 0 Å². The first kappa shape index (κ1) is 15.7. The van der Waals surface area contributed by atoms with Crippen LogP contribution in [-0.4, -0.2) is 12.8 Å². The maximum absolute atomic E-state index is 5.69. The summed E-state index contributed by atoms with van der Waals surface area (Å²) in [6.45, 7) is 6.50. The zero-order chi connectivity index (χ0) is 15.2. The van der Waals surface area contributed by atoms with E-state index in [1.54, 1.807) is 11.8 Å². The summed E-state index contributed by atoms with van der Waals surface area (Å²) in [6.07, 6.45) is -0.333. The quantitative estimate of drug-likeness (QED) is 0.811. The zero-order valence-corrected chi connectivity index (χ0v) is 13.4. The van der Waals surface area contributed by atoms with E-state index in [1.165, 1.54) is 10.5 Å². The standard InChI is InChI=1S/C17H21NO2S/c1-4-19-16-10-7-14(20-13(3)18)11-17(16)21-15-8-5-12(2)6-9-15/h5-11,13H,4,18H2,1-3H3. The minimum absolute atomic E-state index is 0.333. The highest BCUT2D eigenvalue weighted by Crippen LogP contribution is 2.37. The second-order valence-electron chi connectivity index (χ2n) is 4.78. The largest absolute Gasteiger partial charge is 0.493 e. The Bertz CT molecular complexity index is 582. The Kier molecular flexibility index (Phi) is 5.53. The Morgan fingerprint density at radius 1 is 1.14 bits per heavy atom. The minimum atomic E-state index is -0.333. The molecule has 0 aliphatic heterocycles. The molecule has 0 amide bonds. The van der Waals surface area contributed by atoms with Crippen molar-refractivity contribution in [2.75, 3.05) is 6.61 Å². The van der Waals surface area contributed by atoms with Gasteiger partial charge in [0.2, 0.25) is 0 Å². The summed E-state index contributed by atoms with van der Waals surface area (Å²) in [7, 11) is 0. The third-order valence-electron chi connectivity index (χ3n) is 2.79. The molecule has 3 nitrogen and oxygen atoms in total. The maximum Gasteiger partial charge on any atom is 0.144 e. The van der Waals surface area contributed by atoms with Crippen molar-refractivity contribution in [3.8, 4) is 11.5 Å². The molecule has 0 saturated heterocycles. The van der Waals surface area contributed by atoms with E-state index in [4.69, 9.17) is 15.2 Å². The first-order chi connectivity index (χ1) is 10.1. The van der Waals surface area contributed by atoms with Gasteiger partial charge in [-0.25, -0.2) is 0 Å². The number of aryl methyl sites for hydroxylation is 1. The minimum Gasteiger partial charge on any atom is -0.493 e. The maximum atomic E-state index is 5.69. The first-order valence-electron chi connectivity index (χ1n) is 7.02. The number of hydrogen-bond acceptors (Lipinski definition) is 4. The molecule has 0 radical (unpaired) electrons. The monoisotopic (exact) mass is 303 g/mol. The second kappa shape index (κ2) is 7.38. The average Bonchev–Trinajstić information content (AvgIpc) is 2.44. The van der Waals surface area contributed by atoms with Crippen LogP contribution in [0.3, 0.4) is 0 Å². The Hall–Kier alpha value is -1.65. The lowest BCUT2D eigenvalue weighted by molar-refractivity contribution is 0.228. The lowest BCUT2D eigenvalue weighted by Gasteiger charge is -2.14. The van der Waals surface area contributed by atoms with Crippen molar-refractivity contribution >= 4 is 11.8 Å². The van der Waals surface area contributed by atoms with Crippen LogP contribution in [0.1, 0.15) is 19.4 Å². The van der Waals surface area contributed by atoms with Crippen molar-refractivity contribution in [3.05, 3.63) is 48.0 Å². The van der Waals surface area contributed by atoms with Crippen molar-refractivity contribution in [1.82, 2.24) is 0 Å². The van der Waals surface area contributed by atoms with Gasteiger partial charge in [-0.1, -0.05) is 29.5 Å². The summed E-state index contributed by atoms with van der Waals surface area (Å²) >= 11 is 1.66. The highest BCUT2D eigenvalue weighted by Gasteiger charge is 2.09. The van der Waals surface area contributed by atoms with Gasteiger partial charge < -0.3 is 9.47 Å². The molecular formula is C17H21NO2S. The van der Waals surface area contributed by atoms with Gasteiger partial charge in [0.15, 0.2) is 0 Å². The predicted molar refractivity (Wildman–Crippen MR) is 87.2 cm³/mol. The molecule has 2 aromatic rings. The molecule has 0 saturated carbocycles. The van der Waals surface area contributed by atoms with Gasteiger partial charge in [-0.3, -0.25) is 5.73 Å². The Balaban J connectivity index is 2.26. The number of nitrogens with two attached hydrogens (primary N) is 1. The molecule has 0 aliphatic carbocycles. The fraction of sp³-hybridized carbons (Fsp3) is 0.294. The zero-order valence-electron chi connectivity index (χ0n) is 12.6. The van der Waals surface area contributed by atoms with Crippen LogP contribution in [0.5, 0.6) is 11.5 Å². The van der Waals surface area contributed by atoms with Crippen molar-refractivity contribution in [2.24, 2.45) is 5.73 Å². The molecule has 2 N–H and O–H groups in total. The van der Waals surface area contributed by atoms with E-state index in [0.29, 0.717) is 6.61 Å². The van der Waals surface area contributed by atoms with Crippen molar-refractivity contribution in [2.45, 2.75) is 36.8 Å². The number of benzene rings is 2. The molecule has 0 spiro atoms. The van der Waals surface area contributed by atoms with Crippen molar-refractivity contribution < 1.29 is 9.47 Å². The van der Waals surface area contributed by atoms with Crippen molar-refractivity contribution in [1.29, 1.82) is 0 Å². The topological polar surface area (TPSA) is 44.5 Å². The summed E-state index contributed by atoms with van der Waals surface area (Å²) in [5.74, 6) is 1.61. The van der Waals surface area contributed by atoms with Gasteiger partial charge in [-0.2, -0.15) is 0 Å². The van der Waals surface area contributed by atoms with Gasteiger partial charge in [0.05, 0.1) is 11.5 Å². The summed E-state index contributed by atoms with van der Waals surface area (Å²) < 4.78 is 11.2. The van der Waals surface area contributed by atoms with Crippen LogP contribution >= 0.6 is 11.8 Å². The van der Waals surface area contributed by atoms with Crippen LogP contribution in [0, 0.1) is 6.92 Å². The Morgan fingerprint density at radius 2 is 1.86 bits per heavy atom. The normalized spacial score (nSPS) is 12.0. The van der Waals surface area contributed by atoms with Gasteiger partial charge in [-0.05, 0) is 51.1 Å². The predicted octanol–water partition coefficient (Wildman–Crippen LogP) is 4.23. The molecule has 1 unspecified atom stereocenters. The number of rotatable bonds is 6. The van der Waals surface area contributed by atoms with Crippen molar-refractivity contribution in [3.63, 3.8) is 0 Å². The molecule has 0 aliphatic rings. The van der Waals surface area contributed by atoms with E-state index in [2.05, 4.69) is 31.2 Å². The van der Waals surface area contributed by atoms with Gasteiger partial charge >= 0.3 is 0 Å². The Morgan fingerprint density at radius 3 is 2.48 bits per heavy atom. The smallest absolute Gasteiger partial charge is 0.144 e. The van der Waals surface area contributed by atoms with Crippen LogP contribution in [0.15, 0.2) is 52.3 Å². The average molecular weight is 303 g/mol. The summed E-state index contributed by atoms with van der Waals surface area (Å²) in [5, 5.41) is 0. The molecule has 2 rings (SSSR count).